The highest BCUT2D eigenvalue weighted by Gasteiger charge is 2.21. The fraction of sp³-hybridized carbons (Fsp3) is 0.250. The van der Waals surface area contributed by atoms with Crippen molar-refractivity contribution in [1.82, 2.24) is 14.6 Å². The molecule has 1 aliphatic heterocycles. The molecule has 1 aliphatic rings. The van der Waals surface area contributed by atoms with Crippen LogP contribution >= 0.6 is 0 Å². The lowest BCUT2D eigenvalue weighted by atomic mass is 9.98. The number of fused-ring (bicyclic) bond motifs is 2. The molecule has 0 saturated carbocycles. The summed E-state index contributed by atoms with van der Waals surface area (Å²) in [5.74, 6) is 0.773. The Morgan fingerprint density at radius 2 is 2.14 bits per heavy atom. The predicted octanol–water partition coefficient (Wildman–Crippen LogP) is 2.18. The number of nitrogens with zero attached hydrogens (tertiary/aromatic N) is 4. The van der Waals surface area contributed by atoms with Gasteiger partial charge in [0.05, 0.1) is 0 Å². The molecule has 0 saturated heterocycles. The average molecular weight is 279 g/mol. The molecule has 0 unspecified atom stereocenters. The molecular formula is C16H17N5. The predicted molar refractivity (Wildman–Crippen MR) is 83.3 cm³/mol. The van der Waals surface area contributed by atoms with E-state index in [1.165, 1.54) is 16.7 Å². The van der Waals surface area contributed by atoms with Crippen LogP contribution in [0.4, 0.5) is 11.6 Å². The number of benzene rings is 1. The van der Waals surface area contributed by atoms with Crippen LogP contribution in [-0.4, -0.2) is 21.1 Å². The standard InChI is InChI=1S/C16H17N5/c1-11-5-8-21-15(9-11)18-16(19-21)20-7-6-12-3-2-4-14(17)13(12)10-20/h2-5,8-9H,6-7,10,17H2,1H3. The number of nitrogen functional groups attached to an aromatic ring is 1. The molecule has 0 aliphatic carbocycles. The van der Waals surface area contributed by atoms with Crippen molar-refractivity contribution in [3.63, 3.8) is 0 Å². The molecule has 0 atom stereocenters. The quantitative estimate of drug-likeness (QED) is 0.694. The molecule has 0 radical (unpaired) electrons. The Labute approximate surface area is 123 Å². The van der Waals surface area contributed by atoms with E-state index >= 15 is 0 Å². The molecule has 2 aromatic heterocycles. The molecule has 3 aromatic rings. The minimum atomic E-state index is 0.773. The third-order valence-electron chi connectivity index (χ3n) is 4.07. The zero-order chi connectivity index (χ0) is 14.4. The highest BCUT2D eigenvalue weighted by Crippen LogP contribution is 2.26. The highest BCUT2D eigenvalue weighted by atomic mass is 15.4. The lowest BCUT2D eigenvalue weighted by molar-refractivity contribution is 0.708. The van der Waals surface area contributed by atoms with Gasteiger partial charge in [-0.1, -0.05) is 12.1 Å². The minimum Gasteiger partial charge on any atom is -0.398 e. The van der Waals surface area contributed by atoms with Crippen molar-refractivity contribution in [2.24, 2.45) is 0 Å². The van der Waals surface area contributed by atoms with E-state index in [-0.39, 0.29) is 0 Å². The van der Waals surface area contributed by atoms with E-state index in [0.717, 1.165) is 36.8 Å². The third kappa shape index (κ3) is 2.01. The number of hydrogen-bond acceptors (Lipinski definition) is 4. The number of nitrogens with two attached hydrogens (primary N) is 1. The van der Waals surface area contributed by atoms with Crippen molar-refractivity contribution in [3.8, 4) is 0 Å². The summed E-state index contributed by atoms with van der Waals surface area (Å²) in [6.07, 6.45) is 2.93. The number of rotatable bonds is 1. The summed E-state index contributed by atoms with van der Waals surface area (Å²) < 4.78 is 1.83. The summed E-state index contributed by atoms with van der Waals surface area (Å²) >= 11 is 0. The SMILES string of the molecule is Cc1ccn2nc(N3CCc4cccc(N)c4C3)nc2c1. The molecule has 21 heavy (non-hydrogen) atoms. The molecule has 1 aromatic carbocycles. The average Bonchev–Trinajstić information content (AvgIpc) is 2.90. The summed E-state index contributed by atoms with van der Waals surface area (Å²) in [5.41, 5.74) is 11.6. The topological polar surface area (TPSA) is 59.5 Å². The van der Waals surface area contributed by atoms with Gasteiger partial charge in [0.15, 0.2) is 5.65 Å². The first-order valence-corrected chi connectivity index (χ1v) is 7.15. The number of hydrogen-bond donors (Lipinski definition) is 1. The van der Waals surface area contributed by atoms with E-state index in [1.807, 2.05) is 35.0 Å². The second-order valence-corrected chi connectivity index (χ2v) is 5.58. The van der Waals surface area contributed by atoms with E-state index in [2.05, 4.69) is 28.0 Å². The van der Waals surface area contributed by atoms with Crippen LogP contribution in [0.5, 0.6) is 0 Å². The molecule has 0 amide bonds. The van der Waals surface area contributed by atoms with E-state index in [4.69, 9.17) is 5.73 Å². The van der Waals surface area contributed by atoms with Gasteiger partial charge in [-0.2, -0.15) is 4.98 Å². The maximum Gasteiger partial charge on any atom is 0.245 e. The fourth-order valence-electron chi connectivity index (χ4n) is 2.88. The van der Waals surface area contributed by atoms with Gasteiger partial charge in [0.25, 0.3) is 0 Å². The molecule has 2 N–H and O–H groups in total. The lowest BCUT2D eigenvalue weighted by Gasteiger charge is -2.28. The third-order valence-corrected chi connectivity index (χ3v) is 4.07. The van der Waals surface area contributed by atoms with Crippen molar-refractivity contribution >= 4 is 17.3 Å². The molecular weight excluding hydrogens is 262 g/mol. The number of aryl methyl sites for hydroxylation is 1. The molecule has 3 heterocycles. The normalized spacial score (nSPS) is 14.4. The van der Waals surface area contributed by atoms with E-state index < -0.39 is 0 Å². The molecule has 0 bridgehead atoms. The van der Waals surface area contributed by atoms with Crippen LogP contribution in [-0.2, 0) is 13.0 Å². The Bertz CT molecular complexity index is 821. The number of pyridine rings is 1. The van der Waals surface area contributed by atoms with Gasteiger partial charge in [0.1, 0.15) is 0 Å². The van der Waals surface area contributed by atoms with Crippen LogP contribution in [0.2, 0.25) is 0 Å². The van der Waals surface area contributed by atoms with Crippen LogP contribution in [0, 0.1) is 6.92 Å². The van der Waals surface area contributed by atoms with Gasteiger partial charge >= 0.3 is 0 Å². The smallest absolute Gasteiger partial charge is 0.245 e. The van der Waals surface area contributed by atoms with Gasteiger partial charge in [-0.05, 0) is 48.2 Å². The second kappa shape index (κ2) is 4.48. The summed E-state index contributed by atoms with van der Waals surface area (Å²) in [7, 11) is 0. The van der Waals surface area contributed by atoms with Gasteiger partial charge in [-0.3, -0.25) is 0 Å². The summed E-state index contributed by atoms with van der Waals surface area (Å²) in [6.45, 7) is 3.76. The van der Waals surface area contributed by atoms with Crippen LogP contribution < -0.4 is 10.6 Å². The largest absolute Gasteiger partial charge is 0.398 e. The van der Waals surface area contributed by atoms with Crippen LogP contribution in [0.25, 0.3) is 5.65 Å². The number of aromatic nitrogens is 3. The van der Waals surface area contributed by atoms with Crippen LogP contribution in [0.3, 0.4) is 0 Å². The van der Waals surface area contributed by atoms with Gasteiger partial charge in [0, 0.05) is 25.0 Å². The van der Waals surface area contributed by atoms with Gasteiger partial charge in [-0.25, -0.2) is 4.52 Å². The minimum absolute atomic E-state index is 0.773. The maximum atomic E-state index is 6.10. The Morgan fingerprint density at radius 3 is 3.05 bits per heavy atom. The van der Waals surface area contributed by atoms with Crippen molar-refractivity contribution in [1.29, 1.82) is 0 Å². The zero-order valence-electron chi connectivity index (χ0n) is 12.0. The maximum absolute atomic E-state index is 6.10. The molecule has 106 valence electrons. The van der Waals surface area contributed by atoms with Crippen molar-refractivity contribution in [2.45, 2.75) is 19.9 Å². The van der Waals surface area contributed by atoms with Gasteiger partial charge in [-0.15, -0.1) is 5.10 Å². The molecule has 0 spiro atoms. The lowest BCUT2D eigenvalue weighted by Crippen LogP contribution is -2.31. The van der Waals surface area contributed by atoms with Crippen molar-refractivity contribution in [2.75, 3.05) is 17.2 Å². The summed E-state index contributed by atoms with van der Waals surface area (Å²) in [6, 6.07) is 10.2. The first kappa shape index (κ1) is 12.2. The fourth-order valence-corrected chi connectivity index (χ4v) is 2.88. The van der Waals surface area contributed by atoms with Crippen molar-refractivity contribution < 1.29 is 0 Å². The Morgan fingerprint density at radius 1 is 1.24 bits per heavy atom. The van der Waals surface area contributed by atoms with E-state index in [9.17, 15) is 0 Å². The van der Waals surface area contributed by atoms with Crippen LogP contribution in [0.1, 0.15) is 16.7 Å². The summed E-state index contributed by atoms with van der Waals surface area (Å²) in [4.78, 5) is 6.83. The second-order valence-electron chi connectivity index (χ2n) is 5.58. The number of anilines is 2. The van der Waals surface area contributed by atoms with Gasteiger partial charge < -0.3 is 10.6 Å². The van der Waals surface area contributed by atoms with Crippen molar-refractivity contribution in [3.05, 3.63) is 53.2 Å². The van der Waals surface area contributed by atoms with E-state index in [1.54, 1.807) is 0 Å². The molecule has 4 rings (SSSR count). The molecule has 0 fully saturated rings. The summed E-state index contributed by atoms with van der Waals surface area (Å²) in [5, 5.41) is 4.57. The monoisotopic (exact) mass is 279 g/mol. The zero-order valence-corrected chi connectivity index (χ0v) is 12.0. The molecule has 5 nitrogen and oxygen atoms in total. The highest BCUT2D eigenvalue weighted by molar-refractivity contribution is 5.55. The first-order chi connectivity index (χ1) is 10.2. The van der Waals surface area contributed by atoms with Crippen LogP contribution in [0.15, 0.2) is 36.5 Å². The first-order valence-electron chi connectivity index (χ1n) is 7.15. The Hall–Kier alpha value is -2.56. The Balaban J connectivity index is 1.72. The Kier molecular flexibility index (Phi) is 2.60. The van der Waals surface area contributed by atoms with Gasteiger partial charge in [0.2, 0.25) is 5.95 Å². The van der Waals surface area contributed by atoms with E-state index in [0.29, 0.717) is 0 Å². The molecule has 5 heteroatoms.